The van der Waals surface area contributed by atoms with Crippen LogP contribution in [0.15, 0.2) is 160 Å². The molecule has 5 aromatic carbocycles. The second-order valence-electron chi connectivity index (χ2n) is 15.6. The molecule has 10 heteroatoms. The Morgan fingerprint density at radius 1 is 0.759 bits per heavy atom. The molecule has 3 aliphatic carbocycles. The van der Waals surface area contributed by atoms with Gasteiger partial charge in [-0.15, -0.1) is 0 Å². The molecule has 1 aliphatic heterocycles. The lowest BCUT2D eigenvalue weighted by molar-refractivity contribution is -0.135. The molecule has 0 aromatic heterocycles. The Morgan fingerprint density at radius 3 is 2.05 bits per heavy atom. The van der Waals surface area contributed by atoms with E-state index in [-0.39, 0.29) is 42.0 Å². The molecule has 2 amide bonds. The number of anilines is 2. The monoisotopic (exact) mass is 830 g/mol. The summed E-state index contributed by atoms with van der Waals surface area (Å²) in [5.41, 5.74) is 4.15. The van der Waals surface area contributed by atoms with Gasteiger partial charge in [0.05, 0.1) is 34.3 Å². The van der Waals surface area contributed by atoms with Crippen LogP contribution in [0.25, 0.3) is 5.57 Å². The van der Waals surface area contributed by atoms with Crippen molar-refractivity contribution in [2.24, 2.45) is 33.9 Å². The van der Waals surface area contributed by atoms with E-state index in [0.717, 1.165) is 11.3 Å². The number of phenolic OH excluding ortho intramolecular Hbond substituents is 1. The van der Waals surface area contributed by atoms with Crippen molar-refractivity contribution in [3.05, 3.63) is 166 Å². The average Bonchev–Trinajstić information content (AvgIpc) is 3.51. The molecule has 1 N–H and O–H groups in total. The first-order valence-corrected chi connectivity index (χ1v) is 20.1. The Bertz CT molecular complexity index is 2570. The number of hydrogen-bond acceptors (Lipinski definition) is 8. The fraction of sp³-hybridized carbons (Fsp3) is 0.208. The number of benzene rings is 5. The molecule has 4 aliphatic rings. The van der Waals surface area contributed by atoms with Crippen LogP contribution >= 0.6 is 15.9 Å². The molecule has 58 heavy (non-hydrogen) atoms. The largest absolute Gasteiger partial charge is 0.508 e. The molecule has 0 spiro atoms. The zero-order chi connectivity index (χ0) is 40.3. The second kappa shape index (κ2) is 14.6. The quantitative estimate of drug-likeness (QED) is 0.0992. The molecule has 1 heterocycles. The lowest BCUT2D eigenvalue weighted by Gasteiger charge is -2.55. The number of Topliss-reactive ketones (excluding diaryl/α,β-unsaturated/α-hetero) is 1. The minimum absolute atomic E-state index is 0.0257. The van der Waals surface area contributed by atoms with Gasteiger partial charge in [-0.1, -0.05) is 88.2 Å². The number of allylic oxidation sites excluding steroid dienone is 4. The lowest BCUT2D eigenvalue weighted by Crippen LogP contribution is -2.58. The van der Waals surface area contributed by atoms with Gasteiger partial charge in [-0.3, -0.25) is 24.1 Å². The van der Waals surface area contributed by atoms with E-state index >= 15 is 9.59 Å². The SMILES string of the molecule is CN(C)c1ccc(N=Nc2ccc(N3C(=O)[C@H]4[C@H](CC=C5[C@H]4C[C@H]4C(=O)C(c6ccccc6)=CC(=O)[C@@]4(c4ccccc4)[C@H]5c4cc(Br)ccc4O)C3=O)cc2)cc1. The smallest absolute Gasteiger partial charge is 0.238 e. The van der Waals surface area contributed by atoms with E-state index in [0.29, 0.717) is 43.8 Å². The lowest BCUT2D eigenvalue weighted by atomic mass is 9.44. The van der Waals surface area contributed by atoms with E-state index in [2.05, 4.69) is 26.2 Å². The summed E-state index contributed by atoms with van der Waals surface area (Å²) in [6.45, 7) is 0. The number of aromatic hydroxyl groups is 1. The molecule has 6 atom stereocenters. The van der Waals surface area contributed by atoms with Crippen molar-refractivity contribution in [3.8, 4) is 5.75 Å². The number of carbonyl (C=O) groups is 4. The number of fused-ring (bicyclic) bond motifs is 4. The van der Waals surface area contributed by atoms with Crippen molar-refractivity contribution in [3.63, 3.8) is 0 Å². The van der Waals surface area contributed by atoms with Crippen LogP contribution in [-0.4, -0.2) is 42.6 Å². The van der Waals surface area contributed by atoms with Crippen molar-refractivity contribution < 1.29 is 24.3 Å². The van der Waals surface area contributed by atoms with Crippen LogP contribution in [0.5, 0.6) is 5.75 Å². The van der Waals surface area contributed by atoms with E-state index in [1.54, 1.807) is 42.5 Å². The molecule has 5 aromatic rings. The van der Waals surface area contributed by atoms with Gasteiger partial charge in [-0.2, -0.15) is 10.2 Å². The number of carbonyl (C=O) groups excluding carboxylic acids is 4. The highest BCUT2D eigenvalue weighted by Gasteiger charge is 2.66. The van der Waals surface area contributed by atoms with Crippen molar-refractivity contribution in [2.75, 3.05) is 23.9 Å². The number of imide groups is 1. The van der Waals surface area contributed by atoms with Crippen LogP contribution in [0.1, 0.15) is 35.4 Å². The van der Waals surface area contributed by atoms with Gasteiger partial charge in [0, 0.05) is 47.2 Å². The van der Waals surface area contributed by atoms with E-state index in [1.165, 1.54) is 11.0 Å². The Kier molecular flexibility index (Phi) is 9.39. The molecule has 0 bridgehead atoms. The number of halogens is 1. The third kappa shape index (κ3) is 5.97. The normalized spacial score (nSPS) is 25.2. The highest BCUT2D eigenvalue weighted by molar-refractivity contribution is 9.10. The first-order valence-electron chi connectivity index (χ1n) is 19.3. The molecular formula is C48H39BrN4O5. The first-order chi connectivity index (χ1) is 28.1. The Labute approximate surface area is 344 Å². The molecule has 288 valence electrons. The predicted molar refractivity (Wildman–Crippen MR) is 226 cm³/mol. The second-order valence-corrected chi connectivity index (χ2v) is 16.5. The summed E-state index contributed by atoms with van der Waals surface area (Å²) in [7, 11) is 3.93. The van der Waals surface area contributed by atoms with E-state index in [9.17, 15) is 14.7 Å². The van der Waals surface area contributed by atoms with Crippen LogP contribution < -0.4 is 9.80 Å². The standard InChI is InChI=1S/C48H39BrN4O5/c1-52(2)33-18-14-31(15-19-33)50-51-32-16-20-34(21-17-32)53-46(57)36-23-22-35-38(43(36)47(53)58)26-40-45(56)37(28-9-5-3-6-10-28)27-42(55)48(40,29-11-7-4-8-12-29)44(35)39-25-30(49)13-24-41(39)54/h3-22,24-25,27,36,38,40,43-44,54H,23,26H2,1-2H3/t36-,38+,40-,43-,44+,48-/m0/s1. The van der Waals surface area contributed by atoms with Crippen LogP contribution in [0.2, 0.25) is 0 Å². The minimum Gasteiger partial charge on any atom is -0.508 e. The third-order valence-electron chi connectivity index (χ3n) is 12.4. The Hall–Kier alpha value is -6.26. The van der Waals surface area contributed by atoms with Gasteiger partial charge in [0.1, 0.15) is 5.75 Å². The number of amides is 2. The number of rotatable bonds is 7. The molecule has 1 saturated heterocycles. The van der Waals surface area contributed by atoms with Gasteiger partial charge in [0.25, 0.3) is 0 Å². The summed E-state index contributed by atoms with van der Waals surface area (Å²) in [6.07, 6.45) is 3.91. The Balaban J connectivity index is 1.12. The number of phenols is 1. The number of nitrogens with zero attached hydrogens (tertiary/aromatic N) is 4. The summed E-state index contributed by atoms with van der Waals surface area (Å²) in [5, 5.41) is 20.4. The van der Waals surface area contributed by atoms with Crippen LogP contribution in [-0.2, 0) is 24.6 Å². The van der Waals surface area contributed by atoms with E-state index in [1.807, 2.05) is 110 Å². The van der Waals surface area contributed by atoms with Gasteiger partial charge in [-0.05, 0) is 103 Å². The molecule has 9 nitrogen and oxygen atoms in total. The third-order valence-corrected chi connectivity index (χ3v) is 12.9. The summed E-state index contributed by atoms with van der Waals surface area (Å²) >= 11 is 3.60. The molecule has 0 radical (unpaired) electrons. The molecular weight excluding hydrogens is 792 g/mol. The summed E-state index contributed by atoms with van der Waals surface area (Å²) in [5.74, 6) is -4.87. The summed E-state index contributed by atoms with van der Waals surface area (Å²) in [6, 6.07) is 38.2. The number of ketones is 2. The minimum atomic E-state index is -1.44. The van der Waals surface area contributed by atoms with E-state index in [4.69, 9.17) is 0 Å². The van der Waals surface area contributed by atoms with Crippen LogP contribution in [0.4, 0.5) is 22.7 Å². The van der Waals surface area contributed by atoms with Crippen LogP contribution in [0.3, 0.4) is 0 Å². The first kappa shape index (κ1) is 37.3. The highest BCUT2D eigenvalue weighted by Crippen LogP contribution is 2.64. The van der Waals surface area contributed by atoms with Crippen molar-refractivity contribution in [1.29, 1.82) is 0 Å². The summed E-state index contributed by atoms with van der Waals surface area (Å²) < 4.78 is 0.690. The zero-order valence-corrected chi connectivity index (χ0v) is 33.4. The number of hydrogen-bond donors (Lipinski definition) is 1. The maximum Gasteiger partial charge on any atom is 0.238 e. The fourth-order valence-corrected chi connectivity index (χ4v) is 10.2. The van der Waals surface area contributed by atoms with Gasteiger partial charge in [0.15, 0.2) is 11.6 Å². The summed E-state index contributed by atoms with van der Waals surface area (Å²) in [4.78, 5) is 62.7. The number of azo groups is 1. The van der Waals surface area contributed by atoms with Gasteiger partial charge < -0.3 is 10.0 Å². The maximum atomic E-state index is 15.2. The van der Waals surface area contributed by atoms with Crippen molar-refractivity contribution in [2.45, 2.75) is 24.2 Å². The van der Waals surface area contributed by atoms with E-state index < -0.39 is 35.0 Å². The van der Waals surface area contributed by atoms with Crippen LogP contribution in [0, 0.1) is 23.7 Å². The fourth-order valence-electron chi connectivity index (χ4n) is 9.83. The topological polar surface area (TPSA) is 120 Å². The highest BCUT2D eigenvalue weighted by atomic mass is 79.9. The Morgan fingerprint density at radius 2 is 1.40 bits per heavy atom. The molecule has 9 rings (SSSR count). The molecule has 2 fully saturated rings. The zero-order valence-electron chi connectivity index (χ0n) is 31.8. The van der Waals surface area contributed by atoms with Crippen molar-refractivity contribution >= 4 is 67.6 Å². The average molecular weight is 832 g/mol. The van der Waals surface area contributed by atoms with Gasteiger partial charge in [0.2, 0.25) is 11.8 Å². The van der Waals surface area contributed by atoms with Gasteiger partial charge >= 0.3 is 0 Å². The van der Waals surface area contributed by atoms with Crippen molar-refractivity contribution in [1.82, 2.24) is 0 Å². The van der Waals surface area contributed by atoms with Gasteiger partial charge in [-0.25, -0.2) is 0 Å². The maximum absolute atomic E-state index is 15.2. The predicted octanol–water partition coefficient (Wildman–Crippen LogP) is 9.67. The molecule has 1 saturated carbocycles. The molecule has 0 unspecified atom stereocenters.